The molecule has 1 fully saturated rings. The minimum Gasteiger partial charge on any atom is -0.444 e. The number of ether oxygens (including phenoxy) is 1. The van der Waals surface area contributed by atoms with Gasteiger partial charge in [0, 0.05) is 43.0 Å². The fraction of sp³-hybridized carbons (Fsp3) is 0.481. The molecule has 10 heteroatoms. The van der Waals surface area contributed by atoms with Gasteiger partial charge in [0.05, 0.1) is 16.1 Å². The first-order chi connectivity index (χ1) is 17.3. The Hall–Kier alpha value is -3.45. The minimum absolute atomic E-state index is 0.246. The van der Waals surface area contributed by atoms with E-state index in [-0.39, 0.29) is 17.5 Å². The average Bonchev–Trinajstić information content (AvgIpc) is 3.18. The molecule has 4 rings (SSSR count). The first-order valence-electron chi connectivity index (χ1n) is 12.3. The molecule has 1 aliphatic heterocycles. The number of aryl methyl sites for hydroxylation is 1. The van der Waals surface area contributed by atoms with Crippen molar-refractivity contribution in [3.05, 3.63) is 64.9 Å². The van der Waals surface area contributed by atoms with Crippen molar-refractivity contribution in [3.63, 3.8) is 0 Å². The molecule has 37 heavy (non-hydrogen) atoms. The maximum absolute atomic E-state index is 12.6. The van der Waals surface area contributed by atoms with E-state index in [1.54, 1.807) is 35.4 Å². The number of sulfone groups is 1. The largest absolute Gasteiger partial charge is 0.444 e. The Morgan fingerprint density at radius 2 is 1.81 bits per heavy atom. The van der Waals surface area contributed by atoms with Gasteiger partial charge in [0.15, 0.2) is 9.84 Å². The van der Waals surface area contributed by atoms with E-state index < -0.39 is 21.0 Å². The standard InChI is InChI=1S/C27H33N5O4S/c1-19-24-22(17-20-7-9-21(10-8-20)37(6,34)35)30-32(23(24)11-14-29-19)27(18-28-5)12-15-31(16-13-27)25(33)36-26(2,3)4/h7-11,14H,12-13,15-18H2,1-4,6H3. The van der Waals surface area contributed by atoms with Gasteiger partial charge in [-0.25, -0.2) is 19.8 Å². The van der Waals surface area contributed by atoms with Crippen LogP contribution in [0.2, 0.25) is 0 Å². The van der Waals surface area contributed by atoms with E-state index in [0.29, 0.717) is 32.4 Å². The first-order valence-corrected chi connectivity index (χ1v) is 14.2. The van der Waals surface area contributed by atoms with E-state index in [4.69, 9.17) is 16.4 Å². The van der Waals surface area contributed by atoms with E-state index in [1.165, 1.54) is 6.26 Å². The molecule has 1 amide bonds. The molecule has 0 spiro atoms. The summed E-state index contributed by atoms with van der Waals surface area (Å²) < 4.78 is 31.2. The second-order valence-electron chi connectivity index (χ2n) is 10.7. The lowest BCUT2D eigenvalue weighted by molar-refractivity contribution is 0.0121. The average molecular weight is 524 g/mol. The summed E-state index contributed by atoms with van der Waals surface area (Å²) in [6.45, 7) is 16.4. The van der Waals surface area contributed by atoms with Crippen LogP contribution in [0.25, 0.3) is 15.7 Å². The molecule has 3 heterocycles. The van der Waals surface area contributed by atoms with Gasteiger partial charge in [-0.3, -0.25) is 9.67 Å². The maximum Gasteiger partial charge on any atom is 0.410 e. The zero-order valence-electron chi connectivity index (χ0n) is 22.0. The molecule has 0 unspecified atom stereocenters. The highest BCUT2D eigenvalue weighted by Crippen LogP contribution is 2.36. The van der Waals surface area contributed by atoms with Gasteiger partial charge in [0.2, 0.25) is 6.54 Å². The molecule has 196 valence electrons. The Morgan fingerprint density at radius 1 is 1.16 bits per heavy atom. The van der Waals surface area contributed by atoms with Crippen molar-refractivity contribution in [1.29, 1.82) is 0 Å². The molecule has 0 atom stereocenters. The highest BCUT2D eigenvalue weighted by atomic mass is 32.2. The van der Waals surface area contributed by atoms with Gasteiger partial charge < -0.3 is 14.5 Å². The highest BCUT2D eigenvalue weighted by Gasteiger charge is 2.43. The maximum atomic E-state index is 12.6. The number of benzene rings is 1. The van der Waals surface area contributed by atoms with Crippen LogP contribution < -0.4 is 0 Å². The summed E-state index contributed by atoms with van der Waals surface area (Å²) in [6.07, 6.45) is 4.26. The van der Waals surface area contributed by atoms with Crippen LogP contribution in [-0.4, -0.2) is 65.7 Å². The zero-order valence-corrected chi connectivity index (χ0v) is 22.8. The van der Waals surface area contributed by atoms with E-state index in [0.717, 1.165) is 27.9 Å². The predicted octanol–water partition coefficient (Wildman–Crippen LogP) is 4.38. The Balaban J connectivity index is 1.69. The first kappa shape index (κ1) is 26.6. The van der Waals surface area contributed by atoms with Crippen LogP contribution in [0.3, 0.4) is 0 Å². The van der Waals surface area contributed by atoms with E-state index in [9.17, 15) is 13.2 Å². The Kier molecular flexibility index (Phi) is 7.04. The van der Waals surface area contributed by atoms with Crippen LogP contribution in [0.5, 0.6) is 0 Å². The summed E-state index contributed by atoms with van der Waals surface area (Å²) in [6, 6.07) is 8.77. The number of pyridine rings is 1. The van der Waals surface area contributed by atoms with Crippen LogP contribution >= 0.6 is 0 Å². The molecule has 3 aromatic rings. The number of piperidine rings is 1. The molecule has 0 saturated carbocycles. The molecule has 0 bridgehead atoms. The number of aromatic nitrogens is 3. The monoisotopic (exact) mass is 523 g/mol. The van der Waals surface area contributed by atoms with Gasteiger partial charge in [-0.1, -0.05) is 12.1 Å². The highest BCUT2D eigenvalue weighted by molar-refractivity contribution is 7.90. The molecule has 1 aromatic carbocycles. The topological polar surface area (TPSA) is 98.8 Å². The number of likely N-dealkylation sites (tertiary alicyclic amines) is 1. The molecule has 1 aliphatic rings. The molecular weight excluding hydrogens is 490 g/mol. The lowest BCUT2D eigenvalue weighted by atomic mass is 9.87. The van der Waals surface area contributed by atoms with Crippen LogP contribution in [-0.2, 0) is 26.5 Å². The molecule has 0 radical (unpaired) electrons. The molecule has 2 aromatic heterocycles. The lowest BCUT2D eigenvalue weighted by Gasteiger charge is -2.39. The van der Waals surface area contributed by atoms with Crippen molar-refractivity contribution < 1.29 is 17.9 Å². The van der Waals surface area contributed by atoms with Crippen LogP contribution in [0.15, 0.2) is 41.4 Å². The second kappa shape index (κ2) is 9.78. The number of carbonyl (C=O) groups is 1. The van der Waals surface area contributed by atoms with Crippen molar-refractivity contribution in [3.8, 4) is 0 Å². The van der Waals surface area contributed by atoms with Gasteiger partial charge in [-0.2, -0.15) is 5.10 Å². The van der Waals surface area contributed by atoms with E-state index >= 15 is 0 Å². The summed E-state index contributed by atoms with van der Waals surface area (Å²) in [4.78, 5) is 22.9. The van der Waals surface area contributed by atoms with Gasteiger partial charge in [0.25, 0.3) is 0 Å². The zero-order chi connectivity index (χ0) is 27.0. The van der Waals surface area contributed by atoms with Crippen molar-refractivity contribution in [2.45, 2.75) is 63.0 Å². The smallest absolute Gasteiger partial charge is 0.410 e. The minimum atomic E-state index is -3.27. The summed E-state index contributed by atoms with van der Waals surface area (Å²) >= 11 is 0. The number of fused-ring (bicyclic) bond motifs is 1. The summed E-state index contributed by atoms with van der Waals surface area (Å²) in [5.74, 6) is 0. The fourth-order valence-corrected chi connectivity index (χ4v) is 5.49. The van der Waals surface area contributed by atoms with Crippen molar-refractivity contribution >= 4 is 26.8 Å². The Labute approximate surface area is 218 Å². The van der Waals surface area contributed by atoms with Crippen molar-refractivity contribution in [2.24, 2.45) is 0 Å². The Bertz CT molecular complexity index is 1460. The number of hydrogen-bond donors (Lipinski definition) is 0. The summed E-state index contributed by atoms with van der Waals surface area (Å²) in [5, 5.41) is 5.98. The molecular formula is C27H33N5O4S. The van der Waals surface area contributed by atoms with Crippen molar-refractivity contribution in [1.82, 2.24) is 19.7 Å². The molecule has 1 saturated heterocycles. The van der Waals surface area contributed by atoms with Crippen LogP contribution in [0.1, 0.15) is 50.6 Å². The number of amides is 1. The third-order valence-corrected chi connectivity index (χ3v) is 7.88. The predicted molar refractivity (Wildman–Crippen MR) is 141 cm³/mol. The molecule has 0 N–H and O–H groups in total. The van der Waals surface area contributed by atoms with Gasteiger partial charge in [-0.15, -0.1) is 0 Å². The van der Waals surface area contributed by atoms with Crippen LogP contribution in [0, 0.1) is 13.5 Å². The third-order valence-electron chi connectivity index (χ3n) is 6.75. The SMILES string of the molecule is [C-]#[N+]CC1(n2nc(Cc3ccc(S(C)(=O)=O)cc3)c3c(C)nccc32)CCN(C(=O)OC(C)(C)C)CC1. The second-order valence-corrected chi connectivity index (χ2v) is 12.8. The van der Waals surface area contributed by atoms with Crippen LogP contribution in [0.4, 0.5) is 4.79 Å². The number of hydrogen-bond acceptors (Lipinski definition) is 6. The Morgan fingerprint density at radius 3 is 2.38 bits per heavy atom. The number of carbonyl (C=O) groups excluding carboxylic acids is 1. The van der Waals surface area contributed by atoms with E-state index in [1.807, 2.05) is 38.4 Å². The molecule has 9 nitrogen and oxygen atoms in total. The quantitative estimate of drug-likeness (QED) is 0.460. The van der Waals surface area contributed by atoms with Gasteiger partial charge in [-0.05, 0) is 64.3 Å². The summed E-state index contributed by atoms with van der Waals surface area (Å²) in [5.41, 5.74) is 2.37. The normalized spacial score (nSPS) is 15.9. The fourth-order valence-electron chi connectivity index (χ4n) is 4.86. The number of rotatable bonds is 5. The van der Waals surface area contributed by atoms with E-state index in [2.05, 4.69) is 9.83 Å². The third kappa shape index (κ3) is 5.62. The van der Waals surface area contributed by atoms with Gasteiger partial charge in [0.1, 0.15) is 11.1 Å². The van der Waals surface area contributed by atoms with Crippen molar-refractivity contribution in [2.75, 3.05) is 25.9 Å². The summed E-state index contributed by atoms with van der Waals surface area (Å²) in [7, 11) is -3.27. The number of nitrogens with zero attached hydrogens (tertiary/aromatic N) is 5. The molecule has 0 aliphatic carbocycles. The van der Waals surface area contributed by atoms with Gasteiger partial charge >= 0.3 is 6.09 Å². The lowest BCUT2D eigenvalue weighted by Crippen LogP contribution is -2.50.